The Kier molecular flexibility index (Phi) is 2.34. The Balaban J connectivity index is 2.61. The van der Waals surface area contributed by atoms with Gasteiger partial charge in [-0.15, -0.1) is 0 Å². The lowest BCUT2D eigenvalue weighted by molar-refractivity contribution is -0.137. The Morgan fingerprint density at radius 3 is 2.44 bits per heavy atom. The van der Waals surface area contributed by atoms with E-state index in [2.05, 4.69) is 9.68 Å². The smallest absolute Gasteiger partial charge is 0.339 e. The number of H-pyrrole nitrogens is 1. The molecule has 0 fully saturated rings. The maximum absolute atomic E-state index is 12.6. The summed E-state index contributed by atoms with van der Waals surface area (Å²) in [5, 5.41) is 2.15. The first-order valence-corrected chi connectivity index (χ1v) is 4.33. The van der Waals surface area contributed by atoms with E-state index in [1.54, 1.807) is 0 Å². The van der Waals surface area contributed by atoms with Gasteiger partial charge in [0.05, 0.1) is 17.3 Å². The van der Waals surface area contributed by atoms with Crippen LogP contribution in [0.25, 0.3) is 11.3 Å². The van der Waals surface area contributed by atoms with E-state index in [1.165, 1.54) is 18.2 Å². The minimum atomic E-state index is -4.47. The first-order valence-electron chi connectivity index (χ1n) is 4.33. The van der Waals surface area contributed by atoms with Crippen molar-refractivity contribution in [1.29, 1.82) is 0 Å². The van der Waals surface area contributed by atoms with E-state index >= 15 is 0 Å². The van der Waals surface area contributed by atoms with Crippen molar-refractivity contribution in [1.82, 2.24) is 5.16 Å². The van der Waals surface area contributed by atoms with Gasteiger partial charge in [-0.05, 0) is 6.07 Å². The van der Waals surface area contributed by atoms with Gasteiger partial charge in [-0.3, -0.25) is 0 Å². The highest BCUT2D eigenvalue weighted by Crippen LogP contribution is 2.35. The molecule has 0 radical (unpaired) electrons. The molecule has 1 N–H and O–H groups in total. The van der Waals surface area contributed by atoms with Crippen molar-refractivity contribution in [3.05, 3.63) is 46.3 Å². The van der Waals surface area contributed by atoms with Crippen molar-refractivity contribution in [3.63, 3.8) is 0 Å². The molecule has 1 aromatic carbocycles. The summed E-state index contributed by atoms with van der Waals surface area (Å²) in [7, 11) is 0. The molecule has 16 heavy (non-hydrogen) atoms. The molecule has 2 rings (SSSR count). The van der Waals surface area contributed by atoms with Gasteiger partial charge in [0.2, 0.25) is 0 Å². The van der Waals surface area contributed by atoms with Gasteiger partial charge in [0, 0.05) is 5.56 Å². The molecule has 2 aromatic rings. The number of alkyl halides is 3. The van der Waals surface area contributed by atoms with Crippen molar-refractivity contribution in [2.45, 2.75) is 6.18 Å². The second kappa shape index (κ2) is 3.55. The van der Waals surface area contributed by atoms with Gasteiger partial charge in [-0.1, -0.05) is 18.2 Å². The molecule has 0 aliphatic rings. The molecule has 0 saturated heterocycles. The summed E-state index contributed by atoms with van der Waals surface area (Å²) < 4.78 is 42.2. The molecule has 0 saturated carbocycles. The van der Waals surface area contributed by atoms with Gasteiger partial charge in [0.15, 0.2) is 0 Å². The summed E-state index contributed by atoms with van der Waals surface area (Å²) in [5.41, 5.74) is -1.63. The third kappa shape index (κ3) is 1.86. The summed E-state index contributed by atoms with van der Waals surface area (Å²) in [6.45, 7) is 0. The monoisotopic (exact) mass is 229 g/mol. The van der Waals surface area contributed by atoms with Crippen LogP contribution in [0.3, 0.4) is 0 Å². The van der Waals surface area contributed by atoms with Gasteiger partial charge >= 0.3 is 11.8 Å². The maximum atomic E-state index is 12.6. The Bertz CT molecular complexity index is 553. The minimum Gasteiger partial charge on any atom is -0.339 e. The molecule has 0 unspecified atom stereocenters. The average molecular weight is 229 g/mol. The van der Waals surface area contributed by atoms with Gasteiger partial charge in [-0.2, -0.15) is 13.2 Å². The van der Waals surface area contributed by atoms with Crippen LogP contribution >= 0.6 is 0 Å². The first kappa shape index (κ1) is 10.5. The molecule has 0 spiro atoms. The molecule has 84 valence electrons. The molecule has 0 aliphatic heterocycles. The number of hydrogen-bond donors (Lipinski definition) is 1. The molecular formula is C10H6F3NO2. The van der Waals surface area contributed by atoms with Crippen LogP contribution in [0.15, 0.2) is 39.6 Å². The Hall–Kier alpha value is -1.98. The predicted molar refractivity (Wildman–Crippen MR) is 49.8 cm³/mol. The standard InChI is InChI=1S/C10H6F3NO2/c11-10(12,13)7-4-2-1-3-6(7)8-5-9(15)16-14-8/h1-5,14H. The first-order chi connectivity index (χ1) is 7.48. The fourth-order valence-corrected chi connectivity index (χ4v) is 1.38. The number of aromatic nitrogens is 1. The number of benzene rings is 1. The number of nitrogens with one attached hydrogen (secondary N) is 1. The molecule has 1 heterocycles. The van der Waals surface area contributed by atoms with Crippen LogP contribution in [0.2, 0.25) is 0 Å². The molecule has 3 nitrogen and oxygen atoms in total. The topological polar surface area (TPSA) is 46.0 Å². The van der Waals surface area contributed by atoms with Crippen LogP contribution in [0.4, 0.5) is 13.2 Å². The van der Waals surface area contributed by atoms with Crippen molar-refractivity contribution < 1.29 is 17.7 Å². The Labute approximate surface area is 87.5 Å². The van der Waals surface area contributed by atoms with Crippen LogP contribution in [0.1, 0.15) is 5.56 Å². The molecule has 1 aromatic heterocycles. The van der Waals surface area contributed by atoms with Crippen molar-refractivity contribution in [3.8, 4) is 11.3 Å². The minimum absolute atomic E-state index is 0.0120. The van der Waals surface area contributed by atoms with Crippen LogP contribution in [-0.4, -0.2) is 5.16 Å². The average Bonchev–Trinajstić information content (AvgIpc) is 2.64. The van der Waals surface area contributed by atoms with E-state index in [0.717, 1.165) is 12.1 Å². The van der Waals surface area contributed by atoms with Crippen LogP contribution < -0.4 is 5.63 Å². The van der Waals surface area contributed by atoms with Crippen LogP contribution in [0, 0.1) is 0 Å². The molecule has 6 heteroatoms. The van der Waals surface area contributed by atoms with Crippen molar-refractivity contribution >= 4 is 0 Å². The summed E-state index contributed by atoms with van der Waals surface area (Å²) in [5.74, 6) is 0. The van der Waals surface area contributed by atoms with E-state index in [9.17, 15) is 18.0 Å². The summed E-state index contributed by atoms with van der Waals surface area (Å²) >= 11 is 0. The third-order valence-electron chi connectivity index (χ3n) is 2.05. The van der Waals surface area contributed by atoms with E-state index in [1.807, 2.05) is 0 Å². The highest BCUT2D eigenvalue weighted by Gasteiger charge is 2.33. The summed E-state index contributed by atoms with van der Waals surface area (Å²) in [6.07, 6.45) is -4.47. The SMILES string of the molecule is O=c1cc(-c2ccccc2C(F)(F)F)[nH]o1. The molecule has 0 bridgehead atoms. The number of halogens is 3. The fraction of sp³-hybridized carbons (Fsp3) is 0.100. The van der Waals surface area contributed by atoms with Gasteiger partial charge in [0.25, 0.3) is 0 Å². The summed E-state index contributed by atoms with van der Waals surface area (Å²) in [4.78, 5) is 10.7. The molecular weight excluding hydrogens is 223 g/mol. The Morgan fingerprint density at radius 2 is 1.88 bits per heavy atom. The summed E-state index contributed by atoms with van der Waals surface area (Å²) in [6, 6.07) is 5.93. The van der Waals surface area contributed by atoms with Gasteiger partial charge in [-0.25, -0.2) is 9.95 Å². The van der Waals surface area contributed by atoms with Gasteiger partial charge < -0.3 is 4.52 Å². The lowest BCUT2D eigenvalue weighted by Gasteiger charge is -2.10. The zero-order valence-electron chi connectivity index (χ0n) is 7.84. The second-order valence-corrected chi connectivity index (χ2v) is 3.12. The predicted octanol–water partition coefficient (Wildman–Crippen LogP) is 2.65. The van der Waals surface area contributed by atoms with Crippen LogP contribution in [0.5, 0.6) is 0 Å². The lowest BCUT2D eigenvalue weighted by Crippen LogP contribution is -2.06. The Morgan fingerprint density at radius 1 is 1.19 bits per heavy atom. The van der Waals surface area contributed by atoms with E-state index < -0.39 is 17.4 Å². The maximum Gasteiger partial charge on any atom is 0.417 e. The highest BCUT2D eigenvalue weighted by atomic mass is 19.4. The second-order valence-electron chi connectivity index (χ2n) is 3.12. The number of aromatic amines is 1. The fourth-order valence-electron chi connectivity index (χ4n) is 1.38. The molecule has 0 aliphatic carbocycles. The number of rotatable bonds is 1. The normalized spacial score (nSPS) is 11.7. The van der Waals surface area contributed by atoms with E-state index in [4.69, 9.17) is 0 Å². The number of hydrogen-bond acceptors (Lipinski definition) is 2. The highest BCUT2D eigenvalue weighted by molar-refractivity contribution is 5.63. The lowest BCUT2D eigenvalue weighted by atomic mass is 10.0. The van der Waals surface area contributed by atoms with Crippen molar-refractivity contribution in [2.75, 3.05) is 0 Å². The van der Waals surface area contributed by atoms with Gasteiger partial charge in [0.1, 0.15) is 0 Å². The van der Waals surface area contributed by atoms with E-state index in [0.29, 0.717) is 0 Å². The third-order valence-corrected chi connectivity index (χ3v) is 2.05. The van der Waals surface area contributed by atoms with E-state index in [-0.39, 0.29) is 11.3 Å². The zero-order chi connectivity index (χ0) is 11.8. The zero-order valence-corrected chi connectivity index (χ0v) is 7.84. The molecule has 0 atom stereocenters. The van der Waals surface area contributed by atoms with Crippen LogP contribution in [-0.2, 0) is 6.18 Å². The largest absolute Gasteiger partial charge is 0.417 e. The quantitative estimate of drug-likeness (QED) is 0.817. The molecule has 0 amide bonds. The van der Waals surface area contributed by atoms with Crippen molar-refractivity contribution in [2.24, 2.45) is 0 Å².